The van der Waals surface area contributed by atoms with Gasteiger partial charge in [0.05, 0.1) is 19.0 Å². The molecular formula is C32H44FN7O8. The predicted octanol–water partition coefficient (Wildman–Crippen LogP) is -0.738. The number of aliphatic carboxylic acids is 1. The maximum atomic E-state index is 13.9. The maximum absolute atomic E-state index is 13.9. The Hall–Kier alpha value is -4.89. The lowest BCUT2D eigenvalue weighted by Crippen LogP contribution is -2.52. The van der Waals surface area contributed by atoms with E-state index in [4.69, 9.17) is 11.5 Å². The summed E-state index contributed by atoms with van der Waals surface area (Å²) < 4.78 is 13.3. The van der Waals surface area contributed by atoms with Crippen LogP contribution >= 0.6 is 0 Å². The summed E-state index contributed by atoms with van der Waals surface area (Å²) in [5.41, 5.74) is 11.5. The van der Waals surface area contributed by atoms with Gasteiger partial charge in [0.25, 0.3) is 0 Å². The van der Waals surface area contributed by atoms with Crippen LogP contribution in [0.5, 0.6) is 0 Å². The van der Waals surface area contributed by atoms with Gasteiger partial charge in [0, 0.05) is 43.7 Å². The van der Waals surface area contributed by atoms with Gasteiger partial charge in [-0.15, -0.1) is 0 Å². The Morgan fingerprint density at radius 1 is 0.917 bits per heavy atom. The van der Waals surface area contributed by atoms with Crippen molar-refractivity contribution in [2.45, 2.75) is 76.0 Å². The lowest BCUT2D eigenvalue weighted by Gasteiger charge is -2.28. The molecule has 1 saturated carbocycles. The van der Waals surface area contributed by atoms with Crippen molar-refractivity contribution in [2.75, 3.05) is 19.6 Å². The summed E-state index contributed by atoms with van der Waals surface area (Å²) in [7, 11) is 0. The number of rotatable bonds is 12. The number of Topliss-reactive ketones (excluding diaryl/α,β-unsaturated/α-hetero) is 2. The number of benzene rings is 1. The van der Waals surface area contributed by atoms with Gasteiger partial charge in [-0.05, 0) is 44.1 Å². The maximum Gasteiger partial charge on any atom is 0.305 e. The molecule has 9 N–H and O–H groups in total. The van der Waals surface area contributed by atoms with Gasteiger partial charge in [-0.25, -0.2) is 4.39 Å². The quantitative estimate of drug-likeness (QED) is 0.0831. The number of carbonyl (C=O) groups excluding carboxylic acids is 6. The lowest BCUT2D eigenvalue weighted by molar-refractivity contribution is -0.140. The summed E-state index contributed by atoms with van der Waals surface area (Å²) >= 11 is 0. The third-order valence-electron chi connectivity index (χ3n) is 8.39. The Morgan fingerprint density at radius 3 is 2.25 bits per heavy atom. The van der Waals surface area contributed by atoms with Crippen molar-refractivity contribution in [3.8, 4) is 0 Å². The number of nitrogens with one attached hydrogen (secondary N) is 4. The van der Waals surface area contributed by atoms with E-state index in [1.54, 1.807) is 30.3 Å². The van der Waals surface area contributed by atoms with Crippen LogP contribution in [0.1, 0.15) is 56.9 Å². The van der Waals surface area contributed by atoms with Gasteiger partial charge in [-0.2, -0.15) is 0 Å². The molecule has 0 radical (unpaired) electrons. The predicted molar refractivity (Wildman–Crippen MR) is 171 cm³/mol. The second kappa shape index (κ2) is 18.4. The number of hydrogen-bond donors (Lipinski definition) is 7. The number of nitrogens with two attached hydrogens (primary N) is 2. The molecule has 0 bridgehead atoms. The standard InChI is InChI=1S/C32H44FN7O8/c33-22-12-21(13-22)29(46)36-10-8-19-14-25(41)20(11-18-5-2-1-3-6-18)15-26(42)24(16-28(44)45)39-27(43)17-38-31(48)23(40-30(19)47)7-4-9-37-32(34)35/h1-3,5-6,19-24H,4,7-17H2,(H,36,46)(H,38,48)(H,39,43)(H,40,47)(H,44,45)(H4,34,35,37)/t19-,20-,21?,22?,23+,24?/m1/s1. The van der Waals surface area contributed by atoms with Crippen molar-refractivity contribution < 1.29 is 43.1 Å². The molecule has 3 rings (SSSR count). The summed E-state index contributed by atoms with van der Waals surface area (Å²) in [4.78, 5) is 94.8. The van der Waals surface area contributed by atoms with Crippen molar-refractivity contribution in [3.63, 3.8) is 0 Å². The van der Waals surface area contributed by atoms with Gasteiger partial charge < -0.3 is 37.8 Å². The SMILES string of the molecule is NC(N)=NCCC[C@@H]1NC(=O)[C@H](CCNC(=O)C2CC(F)C2)CC(=O)[C@H](Cc2ccccc2)CC(=O)C(CC(=O)O)NC(=O)CNC1=O. The molecule has 1 aliphatic carbocycles. The third kappa shape index (κ3) is 12.4. The zero-order valence-electron chi connectivity index (χ0n) is 26.6. The van der Waals surface area contributed by atoms with Crippen molar-refractivity contribution in [2.24, 2.45) is 34.2 Å². The second-order valence-electron chi connectivity index (χ2n) is 12.2. The fraction of sp³-hybridized carbons (Fsp3) is 0.562. The fourth-order valence-corrected chi connectivity index (χ4v) is 5.61. The average Bonchev–Trinajstić information content (AvgIpc) is 3.01. The topological polar surface area (TPSA) is 252 Å². The van der Waals surface area contributed by atoms with Crippen LogP contribution in [-0.2, 0) is 40.0 Å². The van der Waals surface area contributed by atoms with Crippen LogP contribution in [0.2, 0.25) is 0 Å². The second-order valence-corrected chi connectivity index (χ2v) is 12.2. The number of carboxylic acid groups (broad SMARTS) is 1. The highest BCUT2D eigenvalue weighted by atomic mass is 19.1. The number of nitrogens with zero attached hydrogens (tertiary/aromatic N) is 1. The van der Waals surface area contributed by atoms with Crippen LogP contribution in [0.4, 0.5) is 4.39 Å². The molecule has 4 amide bonds. The third-order valence-corrected chi connectivity index (χ3v) is 8.39. The molecule has 1 heterocycles. The van der Waals surface area contributed by atoms with Crippen LogP contribution in [-0.4, -0.2) is 90.1 Å². The number of carbonyl (C=O) groups is 7. The summed E-state index contributed by atoms with van der Waals surface area (Å²) in [6, 6.07) is 6.16. The smallest absolute Gasteiger partial charge is 0.305 e. The van der Waals surface area contributed by atoms with Gasteiger partial charge in [-0.3, -0.25) is 38.6 Å². The van der Waals surface area contributed by atoms with E-state index in [0.29, 0.717) is 0 Å². The first-order chi connectivity index (χ1) is 22.8. The van der Waals surface area contributed by atoms with Crippen LogP contribution in [0.3, 0.4) is 0 Å². The first-order valence-corrected chi connectivity index (χ1v) is 16.0. The van der Waals surface area contributed by atoms with Gasteiger partial charge in [0.15, 0.2) is 11.7 Å². The Balaban J connectivity index is 1.91. The van der Waals surface area contributed by atoms with Crippen LogP contribution < -0.4 is 32.7 Å². The van der Waals surface area contributed by atoms with Gasteiger partial charge >= 0.3 is 5.97 Å². The van der Waals surface area contributed by atoms with Crippen molar-refractivity contribution in [1.82, 2.24) is 21.3 Å². The zero-order chi connectivity index (χ0) is 35.2. The normalized spacial score (nSPS) is 25.6. The molecule has 15 nitrogen and oxygen atoms in total. The average molecular weight is 674 g/mol. The highest BCUT2D eigenvalue weighted by Crippen LogP contribution is 2.30. The molecule has 4 atom stereocenters. The van der Waals surface area contributed by atoms with Crippen molar-refractivity contribution in [3.05, 3.63) is 35.9 Å². The summed E-state index contributed by atoms with van der Waals surface area (Å²) in [6.07, 6.45) is -1.93. The molecule has 0 spiro atoms. The molecule has 262 valence electrons. The largest absolute Gasteiger partial charge is 0.481 e. The number of amides is 4. The van der Waals surface area contributed by atoms with Crippen LogP contribution in [0.15, 0.2) is 35.3 Å². The van der Waals surface area contributed by atoms with E-state index in [9.17, 15) is 43.1 Å². The Morgan fingerprint density at radius 2 is 1.60 bits per heavy atom. The molecule has 2 aliphatic rings. The van der Waals surface area contributed by atoms with Crippen LogP contribution in [0, 0.1) is 17.8 Å². The fourth-order valence-electron chi connectivity index (χ4n) is 5.61. The molecule has 1 aromatic rings. The van der Waals surface area contributed by atoms with E-state index >= 15 is 0 Å². The lowest BCUT2D eigenvalue weighted by atomic mass is 9.82. The highest BCUT2D eigenvalue weighted by Gasteiger charge is 2.36. The van der Waals surface area contributed by atoms with Gasteiger partial charge in [0.2, 0.25) is 23.6 Å². The Bertz CT molecular complexity index is 1370. The summed E-state index contributed by atoms with van der Waals surface area (Å²) in [5.74, 6) is -7.80. The summed E-state index contributed by atoms with van der Waals surface area (Å²) in [6.45, 7) is -0.497. The van der Waals surface area contributed by atoms with E-state index in [1.165, 1.54) is 0 Å². The molecule has 16 heteroatoms. The molecular weight excluding hydrogens is 629 g/mol. The van der Waals surface area contributed by atoms with Crippen molar-refractivity contribution in [1.29, 1.82) is 0 Å². The van der Waals surface area contributed by atoms with E-state index < -0.39 is 90.7 Å². The molecule has 2 fully saturated rings. The Kier molecular flexibility index (Phi) is 14.4. The van der Waals surface area contributed by atoms with E-state index in [-0.39, 0.29) is 69.9 Å². The highest BCUT2D eigenvalue weighted by molar-refractivity contribution is 5.98. The van der Waals surface area contributed by atoms with E-state index in [1.807, 2.05) is 0 Å². The monoisotopic (exact) mass is 673 g/mol. The minimum absolute atomic E-state index is 0.00882. The Labute approximate surface area is 277 Å². The summed E-state index contributed by atoms with van der Waals surface area (Å²) in [5, 5.41) is 19.5. The number of halogens is 1. The zero-order valence-corrected chi connectivity index (χ0v) is 26.6. The minimum Gasteiger partial charge on any atom is -0.481 e. The van der Waals surface area contributed by atoms with Gasteiger partial charge in [-0.1, -0.05) is 30.3 Å². The number of carboxylic acids is 1. The number of alkyl halides is 1. The van der Waals surface area contributed by atoms with Crippen LogP contribution in [0.25, 0.3) is 0 Å². The van der Waals surface area contributed by atoms with Gasteiger partial charge in [0.1, 0.15) is 18.0 Å². The van der Waals surface area contributed by atoms with E-state index in [0.717, 1.165) is 5.56 Å². The number of aliphatic imine (C=N–C) groups is 1. The molecule has 1 unspecified atom stereocenters. The first kappa shape index (κ1) is 37.6. The molecule has 48 heavy (non-hydrogen) atoms. The first-order valence-electron chi connectivity index (χ1n) is 16.0. The molecule has 0 aromatic heterocycles. The number of hydrogen-bond acceptors (Lipinski definition) is 8. The number of guanidine groups is 1. The minimum atomic E-state index is -1.47. The molecule has 1 aliphatic heterocycles. The van der Waals surface area contributed by atoms with E-state index in [2.05, 4.69) is 26.3 Å². The molecule has 1 aromatic carbocycles. The van der Waals surface area contributed by atoms with Crippen molar-refractivity contribution >= 4 is 47.1 Å². The number of ketones is 2. The molecule has 1 saturated heterocycles.